The van der Waals surface area contributed by atoms with E-state index in [0.717, 1.165) is 23.4 Å². The number of nitrogens with zero attached hydrogens (tertiary/aromatic N) is 1. The van der Waals surface area contributed by atoms with Crippen LogP contribution in [0.2, 0.25) is 0 Å². The van der Waals surface area contributed by atoms with Crippen LogP contribution in [0, 0.1) is 11.6 Å². The maximum Gasteiger partial charge on any atom is 0.126 e. The molecule has 3 aromatic rings. The summed E-state index contributed by atoms with van der Waals surface area (Å²) >= 11 is 0. The lowest BCUT2D eigenvalue weighted by molar-refractivity contribution is 0.578. The Morgan fingerprint density at radius 1 is 1.00 bits per heavy atom. The summed E-state index contributed by atoms with van der Waals surface area (Å²) in [6.07, 6.45) is 2.75. The fourth-order valence-electron chi connectivity index (χ4n) is 2.70. The van der Waals surface area contributed by atoms with Crippen molar-refractivity contribution in [2.24, 2.45) is 5.73 Å². The molecular formula is C17H16F2N2. The predicted molar refractivity (Wildman–Crippen MR) is 80.2 cm³/mol. The van der Waals surface area contributed by atoms with Crippen LogP contribution < -0.4 is 5.73 Å². The van der Waals surface area contributed by atoms with Crippen LogP contribution in [0.1, 0.15) is 11.1 Å². The fourth-order valence-corrected chi connectivity index (χ4v) is 2.70. The van der Waals surface area contributed by atoms with Crippen molar-refractivity contribution in [2.45, 2.75) is 13.0 Å². The van der Waals surface area contributed by atoms with E-state index in [2.05, 4.69) is 6.07 Å². The van der Waals surface area contributed by atoms with Crippen LogP contribution in [0.25, 0.3) is 10.9 Å². The Morgan fingerprint density at radius 3 is 2.48 bits per heavy atom. The minimum Gasteiger partial charge on any atom is -0.343 e. The number of nitrogens with two attached hydrogens (primary N) is 1. The molecule has 21 heavy (non-hydrogen) atoms. The third-order valence-electron chi connectivity index (χ3n) is 3.59. The molecule has 0 radical (unpaired) electrons. The fraction of sp³-hybridized carbons (Fsp3) is 0.176. The van der Waals surface area contributed by atoms with Gasteiger partial charge in [-0.1, -0.05) is 12.1 Å². The van der Waals surface area contributed by atoms with Gasteiger partial charge in [0.15, 0.2) is 0 Å². The van der Waals surface area contributed by atoms with Crippen LogP contribution in [0.3, 0.4) is 0 Å². The first-order valence-electron chi connectivity index (χ1n) is 6.89. The molecule has 0 fully saturated rings. The summed E-state index contributed by atoms with van der Waals surface area (Å²) in [5.74, 6) is -1.10. The maximum atomic E-state index is 13.3. The quantitative estimate of drug-likeness (QED) is 0.782. The van der Waals surface area contributed by atoms with Gasteiger partial charge in [0, 0.05) is 29.7 Å². The molecule has 2 N–H and O–H groups in total. The van der Waals surface area contributed by atoms with Gasteiger partial charge in [-0.2, -0.15) is 0 Å². The van der Waals surface area contributed by atoms with Gasteiger partial charge in [-0.3, -0.25) is 0 Å². The van der Waals surface area contributed by atoms with Gasteiger partial charge >= 0.3 is 0 Å². The molecule has 1 aromatic heterocycles. The van der Waals surface area contributed by atoms with Gasteiger partial charge in [-0.05, 0) is 48.4 Å². The first-order chi connectivity index (χ1) is 10.2. The second kappa shape index (κ2) is 5.66. The largest absolute Gasteiger partial charge is 0.343 e. The van der Waals surface area contributed by atoms with Gasteiger partial charge < -0.3 is 10.3 Å². The Hall–Kier alpha value is -2.20. The van der Waals surface area contributed by atoms with Crippen molar-refractivity contribution < 1.29 is 8.78 Å². The average molecular weight is 286 g/mol. The first kappa shape index (κ1) is 13.8. The molecule has 0 aliphatic heterocycles. The number of halogens is 2. The van der Waals surface area contributed by atoms with E-state index in [0.29, 0.717) is 18.7 Å². The Morgan fingerprint density at radius 2 is 1.76 bits per heavy atom. The van der Waals surface area contributed by atoms with E-state index in [9.17, 15) is 8.78 Å². The highest BCUT2D eigenvalue weighted by atomic mass is 19.1. The molecule has 0 saturated carbocycles. The zero-order valence-corrected chi connectivity index (χ0v) is 11.5. The van der Waals surface area contributed by atoms with Gasteiger partial charge in [0.1, 0.15) is 11.6 Å². The molecular weight excluding hydrogens is 270 g/mol. The molecule has 1 heterocycles. The highest BCUT2D eigenvalue weighted by Gasteiger charge is 2.07. The summed E-state index contributed by atoms with van der Waals surface area (Å²) in [5, 5.41) is 1.14. The lowest BCUT2D eigenvalue weighted by Gasteiger charge is -2.08. The standard InChI is InChI=1S/C17H16F2N2/c18-14-8-12(9-15(19)10-14)11-21-7-5-16-13(4-6-20)2-1-3-17(16)21/h1-3,5,7-10H,4,6,11,20H2. The average Bonchev–Trinajstić information content (AvgIpc) is 2.82. The van der Waals surface area contributed by atoms with Crippen molar-refractivity contribution in [1.29, 1.82) is 0 Å². The zero-order valence-electron chi connectivity index (χ0n) is 11.5. The molecule has 0 amide bonds. The van der Waals surface area contributed by atoms with Crippen molar-refractivity contribution in [2.75, 3.05) is 6.54 Å². The smallest absolute Gasteiger partial charge is 0.126 e. The van der Waals surface area contributed by atoms with E-state index in [1.54, 1.807) is 0 Å². The van der Waals surface area contributed by atoms with Crippen molar-refractivity contribution in [1.82, 2.24) is 4.57 Å². The monoisotopic (exact) mass is 286 g/mol. The number of benzene rings is 2. The molecule has 0 atom stereocenters. The summed E-state index contributed by atoms with van der Waals surface area (Å²) in [6, 6.07) is 11.7. The minimum absolute atomic E-state index is 0.435. The molecule has 0 aliphatic carbocycles. The van der Waals surface area contributed by atoms with Crippen molar-refractivity contribution in [3.63, 3.8) is 0 Å². The van der Waals surface area contributed by atoms with Gasteiger partial charge in [0.05, 0.1) is 0 Å². The molecule has 2 nitrogen and oxygen atoms in total. The summed E-state index contributed by atoms with van der Waals surface area (Å²) in [7, 11) is 0. The van der Waals surface area contributed by atoms with E-state index in [1.807, 2.05) is 29.0 Å². The molecule has 3 rings (SSSR count). The summed E-state index contributed by atoms with van der Waals surface area (Å²) in [5.41, 5.74) is 8.47. The molecule has 4 heteroatoms. The SMILES string of the molecule is NCCc1cccc2c1ccn2Cc1cc(F)cc(F)c1. The zero-order chi connectivity index (χ0) is 14.8. The van der Waals surface area contributed by atoms with Gasteiger partial charge in [0.25, 0.3) is 0 Å². The molecule has 0 aliphatic rings. The third-order valence-corrected chi connectivity index (χ3v) is 3.59. The summed E-state index contributed by atoms with van der Waals surface area (Å²) in [6.45, 7) is 1.03. The molecule has 2 aromatic carbocycles. The van der Waals surface area contributed by atoms with Gasteiger partial charge in [-0.25, -0.2) is 8.78 Å². The van der Waals surface area contributed by atoms with Crippen molar-refractivity contribution >= 4 is 10.9 Å². The second-order valence-electron chi connectivity index (χ2n) is 5.11. The van der Waals surface area contributed by atoms with Crippen LogP contribution in [0.15, 0.2) is 48.7 Å². The Balaban J connectivity index is 1.99. The lowest BCUT2D eigenvalue weighted by Crippen LogP contribution is -2.03. The van der Waals surface area contributed by atoms with Crippen molar-refractivity contribution in [3.8, 4) is 0 Å². The third kappa shape index (κ3) is 2.81. The molecule has 0 bridgehead atoms. The highest BCUT2D eigenvalue weighted by Crippen LogP contribution is 2.22. The van der Waals surface area contributed by atoms with Crippen LogP contribution in [-0.2, 0) is 13.0 Å². The number of hydrogen-bond acceptors (Lipinski definition) is 1. The number of hydrogen-bond donors (Lipinski definition) is 1. The van der Waals surface area contributed by atoms with E-state index in [1.165, 1.54) is 17.7 Å². The Bertz CT molecular complexity index is 757. The topological polar surface area (TPSA) is 30.9 Å². The molecule has 0 unspecified atom stereocenters. The van der Waals surface area contributed by atoms with Crippen molar-refractivity contribution in [3.05, 3.63) is 71.4 Å². The first-order valence-corrected chi connectivity index (χ1v) is 6.89. The molecule has 0 spiro atoms. The molecule has 0 saturated heterocycles. The predicted octanol–water partition coefficient (Wildman–Crippen LogP) is 3.47. The van der Waals surface area contributed by atoms with Crippen LogP contribution in [-0.4, -0.2) is 11.1 Å². The summed E-state index contributed by atoms with van der Waals surface area (Å²) < 4.78 is 28.5. The number of fused-ring (bicyclic) bond motifs is 1. The van der Waals surface area contributed by atoms with E-state index in [-0.39, 0.29) is 0 Å². The normalized spacial score (nSPS) is 11.2. The van der Waals surface area contributed by atoms with E-state index >= 15 is 0 Å². The van der Waals surface area contributed by atoms with Gasteiger partial charge in [0.2, 0.25) is 0 Å². The summed E-state index contributed by atoms with van der Waals surface area (Å²) in [4.78, 5) is 0. The van der Waals surface area contributed by atoms with Crippen LogP contribution in [0.4, 0.5) is 8.78 Å². The van der Waals surface area contributed by atoms with Crippen LogP contribution >= 0.6 is 0 Å². The number of aromatic nitrogens is 1. The minimum atomic E-state index is -0.551. The maximum absolute atomic E-state index is 13.3. The van der Waals surface area contributed by atoms with Gasteiger partial charge in [-0.15, -0.1) is 0 Å². The second-order valence-corrected chi connectivity index (χ2v) is 5.11. The highest BCUT2D eigenvalue weighted by molar-refractivity contribution is 5.83. The van der Waals surface area contributed by atoms with E-state index in [4.69, 9.17) is 5.73 Å². The lowest BCUT2D eigenvalue weighted by atomic mass is 10.1. The van der Waals surface area contributed by atoms with E-state index < -0.39 is 11.6 Å². The molecule has 108 valence electrons. The Labute approximate surface area is 121 Å². The van der Waals surface area contributed by atoms with Crippen LogP contribution in [0.5, 0.6) is 0 Å². The number of rotatable bonds is 4. The Kier molecular flexibility index (Phi) is 3.71.